The van der Waals surface area contributed by atoms with E-state index in [1.807, 2.05) is 4.68 Å². The zero-order valence-electron chi connectivity index (χ0n) is 12.4. The minimum atomic E-state index is 0.676. The Morgan fingerprint density at radius 1 is 1.32 bits per heavy atom. The molecule has 1 aliphatic carbocycles. The third-order valence-electron chi connectivity index (χ3n) is 4.34. The topological polar surface area (TPSA) is 29.9 Å². The van der Waals surface area contributed by atoms with E-state index in [0.717, 1.165) is 24.6 Å². The Hall–Kier alpha value is -0.350. The van der Waals surface area contributed by atoms with Crippen LogP contribution in [0.3, 0.4) is 0 Å². The van der Waals surface area contributed by atoms with Crippen LogP contribution < -0.4 is 5.32 Å². The highest BCUT2D eigenvalue weighted by molar-refractivity contribution is 9.10. The van der Waals surface area contributed by atoms with E-state index in [2.05, 4.69) is 47.2 Å². The lowest BCUT2D eigenvalue weighted by molar-refractivity contribution is 0.331. The summed E-state index contributed by atoms with van der Waals surface area (Å²) < 4.78 is 3.25. The van der Waals surface area contributed by atoms with Gasteiger partial charge in [-0.25, -0.2) is 0 Å². The zero-order chi connectivity index (χ0) is 13.8. The molecule has 0 radical (unpaired) electrons. The molecule has 0 spiro atoms. The third-order valence-corrected chi connectivity index (χ3v) is 5.37. The molecule has 0 amide bonds. The SMILES string of the molecule is CCNC1CCCCCC1Cc1c(Br)c(C)nn1C. The Morgan fingerprint density at radius 2 is 2.05 bits per heavy atom. The van der Waals surface area contributed by atoms with Crippen LogP contribution in [-0.2, 0) is 13.5 Å². The number of aryl methyl sites for hydroxylation is 2. The molecule has 0 bridgehead atoms. The normalized spacial score (nSPS) is 24.4. The number of nitrogens with zero attached hydrogens (tertiary/aromatic N) is 2. The first-order chi connectivity index (χ1) is 9.13. The molecule has 0 saturated heterocycles. The smallest absolute Gasteiger partial charge is 0.0738 e. The summed E-state index contributed by atoms with van der Waals surface area (Å²) in [6, 6.07) is 0.676. The Labute approximate surface area is 125 Å². The van der Waals surface area contributed by atoms with E-state index in [0.29, 0.717) is 6.04 Å². The molecule has 19 heavy (non-hydrogen) atoms. The van der Waals surface area contributed by atoms with Crippen LogP contribution in [0.2, 0.25) is 0 Å². The highest BCUT2D eigenvalue weighted by Crippen LogP contribution is 2.30. The minimum absolute atomic E-state index is 0.676. The van der Waals surface area contributed by atoms with Crippen LogP contribution in [0.15, 0.2) is 4.47 Å². The van der Waals surface area contributed by atoms with Gasteiger partial charge < -0.3 is 5.32 Å². The summed E-state index contributed by atoms with van der Waals surface area (Å²) in [4.78, 5) is 0. The lowest BCUT2D eigenvalue weighted by Gasteiger charge is -2.26. The fourth-order valence-corrected chi connectivity index (χ4v) is 3.81. The minimum Gasteiger partial charge on any atom is -0.314 e. The van der Waals surface area contributed by atoms with Gasteiger partial charge in [0.05, 0.1) is 15.9 Å². The number of hydrogen-bond donors (Lipinski definition) is 1. The molecule has 1 aliphatic rings. The van der Waals surface area contributed by atoms with E-state index in [1.54, 1.807) is 0 Å². The summed E-state index contributed by atoms with van der Waals surface area (Å²) in [5.74, 6) is 0.744. The third kappa shape index (κ3) is 3.60. The average Bonchev–Trinajstić information content (AvgIpc) is 2.58. The van der Waals surface area contributed by atoms with E-state index in [9.17, 15) is 0 Å². The number of aromatic nitrogens is 2. The molecule has 2 unspecified atom stereocenters. The first-order valence-electron chi connectivity index (χ1n) is 7.54. The first kappa shape index (κ1) is 15.0. The second kappa shape index (κ2) is 6.89. The van der Waals surface area contributed by atoms with Gasteiger partial charge in [0.2, 0.25) is 0 Å². The molecule has 1 fully saturated rings. The maximum atomic E-state index is 4.52. The van der Waals surface area contributed by atoms with Gasteiger partial charge in [0.1, 0.15) is 0 Å². The van der Waals surface area contributed by atoms with Crippen molar-refractivity contribution in [1.82, 2.24) is 15.1 Å². The Kier molecular flexibility index (Phi) is 5.46. The summed E-state index contributed by atoms with van der Waals surface area (Å²) in [5.41, 5.74) is 2.46. The van der Waals surface area contributed by atoms with Crippen molar-refractivity contribution in [2.24, 2.45) is 13.0 Å². The quantitative estimate of drug-likeness (QED) is 0.856. The first-order valence-corrected chi connectivity index (χ1v) is 8.34. The molecule has 108 valence electrons. The van der Waals surface area contributed by atoms with Crippen molar-refractivity contribution in [1.29, 1.82) is 0 Å². The van der Waals surface area contributed by atoms with Crippen molar-refractivity contribution in [3.8, 4) is 0 Å². The molecule has 3 nitrogen and oxygen atoms in total. The van der Waals surface area contributed by atoms with Crippen molar-refractivity contribution in [3.63, 3.8) is 0 Å². The van der Waals surface area contributed by atoms with Crippen molar-refractivity contribution in [3.05, 3.63) is 15.9 Å². The maximum Gasteiger partial charge on any atom is 0.0738 e. The van der Waals surface area contributed by atoms with Crippen molar-refractivity contribution >= 4 is 15.9 Å². The summed E-state index contributed by atoms with van der Waals surface area (Å²) in [6.07, 6.45) is 7.95. The van der Waals surface area contributed by atoms with E-state index in [1.165, 1.54) is 42.3 Å². The molecule has 1 N–H and O–H groups in total. The van der Waals surface area contributed by atoms with Gasteiger partial charge in [-0.2, -0.15) is 5.10 Å². The van der Waals surface area contributed by atoms with Gasteiger partial charge in [0.25, 0.3) is 0 Å². The molecule has 4 heteroatoms. The summed E-state index contributed by atoms with van der Waals surface area (Å²) >= 11 is 3.70. The second-order valence-corrected chi connectivity index (χ2v) is 6.53. The number of halogens is 1. The van der Waals surface area contributed by atoms with Crippen LogP contribution in [0.4, 0.5) is 0 Å². The van der Waals surface area contributed by atoms with Crippen LogP contribution in [0.1, 0.15) is 50.4 Å². The Morgan fingerprint density at radius 3 is 2.68 bits per heavy atom. The van der Waals surface area contributed by atoms with Crippen LogP contribution in [0.25, 0.3) is 0 Å². The molecule has 1 heterocycles. The van der Waals surface area contributed by atoms with Crippen molar-refractivity contribution in [2.45, 2.75) is 58.4 Å². The zero-order valence-corrected chi connectivity index (χ0v) is 14.0. The fourth-order valence-electron chi connectivity index (χ4n) is 3.31. The predicted molar refractivity (Wildman–Crippen MR) is 83.4 cm³/mol. The van der Waals surface area contributed by atoms with E-state index in [-0.39, 0.29) is 0 Å². The van der Waals surface area contributed by atoms with E-state index in [4.69, 9.17) is 0 Å². The average molecular weight is 328 g/mol. The van der Waals surface area contributed by atoms with Crippen LogP contribution >= 0.6 is 15.9 Å². The number of rotatable bonds is 4. The molecule has 0 aromatic carbocycles. The molecule has 2 rings (SSSR count). The largest absolute Gasteiger partial charge is 0.314 e. The number of nitrogens with one attached hydrogen (secondary N) is 1. The van der Waals surface area contributed by atoms with E-state index < -0.39 is 0 Å². The molecule has 0 aliphatic heterocycles. The lowest BCUT2D eigenvalue weighted by Crippen LogP contribution is -2.36. The molecule has 1 aromatic rings. The van der Waals surface area contributed by atoms with E-state index >= 15 is 0 Å². The Bertz CT molecular complexity index is 414. The summed E-state index contributed by atoms with van der Waals surface area (Å²) in [6.45, 7) is 5.36. The molecule has 1 aromatic heterocycles. The van der Waals surface area contributed by atoms with Gasteiger partial charge in [-0.3, -0.25) is 4.68 Å². The van der Waals surface area contributed by atoms with Crippen molar-refractivity contribution in [2.75, 3.05) is 6.54 Å². The van der Waals surface area contributed by atoms with Crippen LogP contribution in [0, 0.1) is 12.8 Å². The summed E-state index contributed by atoms with van der Waals surface area (Å²) in [5, 5.41) is 8.22. The summed E-state index contributed by atoms with van der Waals surface area (Å²) in [7, 11) is 2.06. The lowest BCUT2D eigenvalue weighted by atomic mass is 9.90. The number of hydrogen-bond acceptors (Lipinski definition) is 2. The standard InChI is InChI=1S/C15H26BrN3/c1-4-17-13-9-7-5-6-8-12(13)10-14-15(16)11(2)18-19(14)3/h12-13,17H,4-10H2,1-3H3. The van der Waals surface area contributed by atoms with Gasteiger partial charge >= 0.3 is 0 Å². The molecule has 1 saturated carbocycles. The van der Waals surface area contributed by atoms with Crippen LogP contribution in [-0.4, -0.2) is 22.4 Å². The van der Waals surface area contributed by atoms with Crippen LogP contribution in [0.5, 0.6) is 0 Å². The molecular formula is C15H26BrN3. The monoisotopic (exact) mass is 327 g/mol. The van der Waals surface area contributed by atoms with Gasteiger partial charge in [0, 0.05) is 13.1 Å². The maximum absolute atomic E-state index is 4.52. The van der Waals surface area contributed by atoms with Gasteiger partial charge in [-0.15, -0.1) is 0 Å². The predicted octanol–water partition coefficient (Wildman–Crippen LogP) is 3.59. The highest BCUT2D eigenvalue weighted by Gasteiger charge is 2.25. The van der Waals surface area contributed by atoms with Gasteiger partial charge in [-0.05, 0) is 54.6 Å². The second-order valence-electron chi connectivity index (χ2n) is 5.74. The van der Waals surface area contributed by atoms with Gasteiger partial charge in [0.15, 0.2) is 0 Å². The molecular weight excluding hydrogens is 302 g/mol. The fraction of sp³-hybridized carbons (Fsp3) is 0.800. The Balaban J connectivity index is 2.13. The molecule has 2 atom stereocenters. The van der Waals surface area contributed by atoms with Crippen molar-refractivity contribution < 1.29 is 0 Å². The van der Waals surface area contributed by atoms with Gasteiger partial charge in [-0.1, -0.05) is 26.2 Å². The highest BCUT2D eigenvalue weighted by atomic mass is 79.9.